The lowest BCUT2D eigenvalue weighted by atomic mass is 10.0. The fourth-order valence-corrected chi connectivity index (χ4v) is 4.53. The molecule has 2 aromatic carbocycles. The van der Waals surface area contributed by atoms with Gasteiger partial charge in [-0.25, -0.2) is 13.2 Å². The van der Waals surface area contributed by atoms with Crippen molar-refractivity contribution in [3.8, 4) is 16.9 Å². The van der Waals surface area contributed by atoms with Gasteiger partial charge >= 0.3 is 5.97 Å². The molecule has 7 heteroatoms. The molecule has 2 aromatic rings. The molecule has 1 fully saturated rings. The summed E-state index contributed by atoms with van der Waals surface area (Å²) in [6.07, 6.45) is 1.76. The van der Waals surface area contributed by atoms with Gasteiger partial charge in [-0.1, -0.05) is 12.1 Å². The number of aromatic carboxylic acids is 1. The first-order valence-corrected chi connectivity index (χ1v) is 9.39. The number of hydrogen-bond acceptors (Lipinski definition) is 4. The predicted molar refractivity (Wildman–Crippen MR) is 93.4 cm³/mol. The average molecular weight is 361 g/mol. The van der Waals surface area contributed by atoms with Crippen LogP contribution in [-0.2, 0) is 10.0 Å². The quantitative estimate of drug-likeness (QED) is 0.885. The van der Waals surface area contributed by atoms with Gasteiger partial charge in [0.05, 0.1) is 17.6 Å². The number of carboxylic acid groups (broad SMARTS) is 1. The lowest BCUT2D eigenvalue weighted by molar-refractivity contribution is 0.0696. The number of hydrogen-bond donors (Lipinski definition) is 1. The van der Waals surface area contributed by atoms with Gasteiger partial charge in [0.15, 0.2) is 0 Å². The standard InChI is InChI=1S/C18H19NO5S/c1-24-17-12-14(18(20)21)7-8-16(17)13-5-4-6-15(11-13)25(22,23)19-9-2-3-10-19/h4-8,11-12H,2-3,9-10H2,1H3,(H,20,21). The molecule has 0 bridgehead atoms. The van der Waals surface area contributed by atoms with Gasteiger partial charge in [-0.3, -0.25) is 0 Å². The molecular weight excluding hydrogens is 342 g/mol. The molecule has 0 unspecified atom stereocenters. The molecule has 3 rings (SSSR count). The van der Waals surface area contributed by atoms with Gasteiger partial charge in [0.1, 0.15) is 5.75 Å². The van der Waals surface area contributed by atoms with Gasteiger partial charge in [-0.05, 0) is 48.7 Å². The monoisotopic (exact) mass is 361 g/mol. The Morgan fingerprint density at radius 1 is 1.12 bits per heavy atom. The zero-order valence-electron chi connectivity index (χ0n) is 13.8. The van der Waals surface area contributed by atoms with E-state index in [1.165, 1.54) is 23.5 Å². The molecule has 0 spiro atoms. The first-order valence-electron chi connectivity index (χ1n) is 7.95. The van der Waals surface area contributed by atoms with Crippen molar-refractivity contribution >= 4 is 16.0 Å². The Morgan fingerprint density at radius 2 is 1.84 bits per heavy atom. The minimum Gasteiger partial charge on any atom is -0.496 e. The van der Waals surface area contributed by atoms with E-state index in [2.05, 4.69) is 0 Å². The molecule has 0 atom stereocenters. The van der Waals surface area contributed by atoms with Crippen molar-refractivity contribution in [3.05, 3.63) is 48.0 Å². The molecule has 6 nitrogen and oxygen atoms in total. The lowest BCUT2D eigenvalue weighted by Gasteiger charge is -2.16. The molecule has 25 heavy (non-hydrogen) atoms. The van der Waals surface area contributed by atoms with Crippen LogP contribution in [0, 0.1) is 0 Å². The predicted octanol–water partition coefficient (Wildman–Crippen LogP) is 2.84. The van der Waals surface area contributed by atoms with Crippen molar-refractivity contribution < 1.29 is 23.1 Å². The summed E-state index contributed by atoms with van der Waals surface area (Å²) in [5.74, 6) is -0.661. The maximum atomic E-state index is 12.7. The Morgan fingerprint density at radius 3 is 2.48 bits per heavy atom. The van der Waals surface area contributed by atoms with Crippen LogP contribution in [0.4, 0.5) is 0 Å². The fraction of sp³-hybridized carbons (Fsp3) is 0.278. The number of ether oxygens (including phenoxy) is 1. The van der Waals surface area contributed by atoms with Crippen molar-refractivity contribution in [1.82, 2.24) is 4.31 Å². The molecule has 1 aliphatic heterocycles. The van der Waals surface area contributed by atoms with Crippen molar-refractivity contribution in [3.63, 3.8) is 0 Å². The molecule has 1 saturated heterocycles. The third-order valence-electron chi connectivity index (χ3n) is 4.30. The highest BCUT2D eigenvalue weighted by Gasteiger charge is 2.27. The molecule has 0 aliphatic carbocycles. The van der Waals surface area contributed by atoms with E-state index in [4.69, 9.17) is 9.84 Å². The van der Waals surface area contributed by atoms with E-state index in [0.717, 1.165) is 12.8 Å². The zero-order chi connectivity index (χ0) is 18.0. The third-order valence-corrected chi connectivity index (χ3v) is 6.19. The molecule has 1 N–H and O–H groups in total. The van der Waals surface area contributed by atoms with Crippen molar-refractivity contribution in [1.29, 1.82) is 0 Å². The van der Waals surface area contributed by atoms with E-state index >= 15 is 0 Å². The second-order valence-corrected chi connectivity index (χ2v) is 7.80. The maximum Gasteiger partial charge on any atom is 0.335 e. The Balaban J connectivity index is 2.03. The smallest absolute Gasteiger partial charge is 0.335 e. The lowest BCUT2D eigenvalue weighted by Crippen LogP contribution is -2.27. The Labute approximate surface area is 146 Å². The van der Waals surface area contributed by atoms with Crippen LogP contribution in [-0.4, -0.2) is 44.0 Å². The van der Waals surface area contributed by atoms with Crippen LogP contribution in [0.15, 0.2) is 47.4 Å². The number of methoxy groups -OCH3 is 1. The molecule has 0 saturated carbocycles. The van der Waals surface area contributed by atoms with Gasteiger partial charge in [0, 0.05) is 18.7 Å². The highest BCUT2D eigenvalue weighted by molar-refractivity contribution is 7.89. The fourth-order valence-electron chi connectivity index (χ4n) is 2.96. The Bertz CT molecular complexity index is 901. The van der Waals surface area contributed by atoms with Crippen molar-refractivity contribution in [2.24, 2.45) is 0 Å². The largest absolute Gasteiger partial charge is 0.496 e. The second kappa shape index (κ2) is 6.85. The van der Waals surface area contributed by atoms with Crippen LogP contribution in [0.3, 0.4) is 0 Å². The van der Waals surface area contributed by atoms with Crippen molar-refractivity contribution in [2.75, 3.05) is 20.2 Å². The Kier molecular flexibility index (Phi) is 4.78. The van der Waals surface area contributed by atoms with Gasteiger partial charge in [0.2, 0.25) is 10.0 Å². The molecule has 0 amide bonds. The molecule has 132 valence electrons. The van der Waals surface area contributed by atoms with Gasteiger partial charge in [-0.15, -0.1) is 0 Å². The van der Waals surface area contributed by atoms with Crippen LogP contribution >= 0.6 is 0 Å². The van der Waals surface area contributed by atoms with E-state index in [-0.39, 0.29) is 10.5 Å². The number of carboxylic acids is 1. The summed E-state index contributed by atoms with van der Waals surface area (Å²) >= 11 is 0. The zero-order valence-corrected chi connectivity index (χ0v) is 14.6. The first kappa shape index (κ1) is 17.4. The number of nitrogens with zero attached hydrogens (tertiary/aromatic N) is 1. The molecule has 0 aromatic heterocycles. The van der Waals surface area contributed by atoms with E-state index in [0.29, 0.717) is 30.0 Å². The second-order valence-electron chi connectivity index (χ2n) is 5.86. The molecule has 0 radical (unpaired) electrons. The summed E-state index contributed by atoms with van der Waals surface area (Å²) in [6.45, 7) is 1.09. The summed E-state index contributed by atoms with van der Waals surface area (Å²) in [7, 11) is -2.06. The summed E-state index contributed by atoms with van der Waals surface area (Å²) in [6, 6.07) is 11.2. The van der Waals surface area contributed by atoms with E-state index in [9.17, 15) is 13.2 Å². The van der Waals surface area contributed by atoms with Crippen LogP contribution in [0.1, 0.15) is 23.2 Å². The van der Waals surface area contributed by atoms with E-state index in [1.54, 1.807) is 30.3 Å². The van der Waals surface area contributed by atoms with Crippen molar-refractivity contribution in [2.45, 2.75) is 17.7 Å². The van der Waals surface area contributed by atoms with Gasteiger partial charge < -0.3 is 9.84 Å². The summed E-state index contributed by atoms with van der Waals surface area (Å²) in [5, 5.41) is 9.10. The summed E-state index contributed by atoms with van der Waals surface area (Å²) < 4.78 is 32.3. The highest BCUT2D eigenvalue weighted by Crippen LogP contribution is 2.33. The highest BCUT2D eigenvalue weighted by atomic mass is 32.2. The SMILES string of the molecule is COc1cc(C(=O)O)ccc1-c1cccc(S(=O)(=O)N2CCCC2)c1. The minimum absolute atomic E-state index is 0.112. The van der Waals surface area contributed by atoms with Crippen LogP contribution < -0.4 is 4.74 Å². The Hall–Kier alpha value is -2.38. The average Bonchev–Trinajstić information content (AvgIpc) is 3.16. The van der Waals surface area contributed by atoms with Crippen LogP contribution in [0.2, 0.25) is 0 Å². The van der Waals surface area contributed by atoms with E-state index < -0.39 is 16.0 Å². The normalized spacial score (nSPS) is 15.2. The first-order chi connectivity index (χ1) is 11.9. The summed E-state index contributed by atoms with van der Waals surface area (Å²) in [5.41, 5.74) is 1.42. The third kappa shape index (κ3) is 3.38. The van der Waals surface area contributed by atoms with Gasteiger partial charge in [0.25, 0.3) is 0 Å². The number of rotatable bonds is 5. The van der Waals surface area contributed by atoms with Crippen LogP contribution in [0.25, 0.3) is 11.1 Å². The summed E-state index contributed by atoms with van der Waals surface area (Å²) in [4.78, 5) is 11.3. The minimum atomic E-state index is -3.51. The number of benzene rings is 2. The maximum absolute atomic E-state index is 12.7. The number of sulfonamides is 1. The number of carbonyl (C=O) groups is 1. The van der Waals surface area contributed by atoms with E-state index in [1.807, 2.05) is 0 Å². The van der Waals surface area contributed by atoms with Crippen LogP contribution in [0.5, 0.6) is 5.75 Å². The molecular formula is C18H19NO5S. The topological polar surface area (TPSA) is 83.9 Å². The molecule has 1 heterocycles. The van der Waals surface area contributed by atoms with Gasteiger partial charge in [-0.2, -0.15) is 4.31 Å². The molecule has 1 aliphatic rings.